The van der Waals surface area contributed by atoms with Crippen molar-refractivity contribution >= 4 is 11.7 Å². The molecule has 1 fully saturated rings. The van der Waals surface area contributed by atoms with Gasteiger partial charge in [-0.3, -0.25) is 0 Å². The molecule has 1 aromatic rings. The first kappa shape index (κ1) is 17.6. The Morgan fingerprint density at radius 2 is 2.00 bits per heavy atom. The van der Waals surface area contributed by atoms with E-state index in [1.807, 2.05) is 4.90 Å². The minimum absolute atomic E-state index is 0.0428. The number of hydrogen-bond donors (Lipinski definition) is 1. The molecule has 0 unspecified atom stereocenters. The highest BCUT2D eigenvalue weighted by Gasteiger charge is 2.22. The maximum absolute atomic E-state index is 12.1. The normalized spacial score (nSPS) is 14.9. The summed E-state index contributed by atoms with van der Waals surface area (Å²) in [6.45, 7) is 9.05. The van der Waals surface area contributed by atoms with Gasteiger partial charge in [0.1, 0.15) is 0 Å². The molecule has 1 heterocycles. The van der Waals surface area contributed by atoms with E-state index < -0.39 is 0 Å². The molecule has 1 saturated heterocycles. The zero-order chi connectivity index (χ0) is 16.7. The molecule has 0 bridgehead atoms. The Kier molecular flexibility index (Phi) is 6.71. The fraction of sp³-hybridized carbons (Fsp3) is 0.611. The van der Waals surface area contributed by atoms with Crippen LogP contribution in [0.25, 0.3) is 0 Å². The molecule has 2 amide bonds. The predicted molar refractivity (Wildman–Crippen MR) is 94.2 cm³/mol. The van der Waals surface area contributed by atoms with E-state index in [0.717, 1.165) is 39.0 Å². The van der Waals surface area contributed by atoms with Crippen molar-refractivity contribution in [2.45, 2.75) is 26.7 Å². The molecule has 0 aromatic heterocycles. The molecular weight excluding hydrogens is 290 g/mol. The number of urea groups is 1. The van der Waals surface area contributed by atoms with Gasteiger partial charge in [-0.1, -0.05) is 25.1 Å². The summed E-state index contributed by atoms with van der Waals surface area (Å²) in [5, 5.41) is 2.96. The SMILES string of the molecule is CCc1cccc(C)c1N1CCN(C(=O)NCCCOC)CC1. The summed E-state index contributed by atoms with van der Waals surface area (Å²) in [4.78, 5) is 16.5. The van der Waals surface area contributed by atoms with Crippen LogP contribution in [0.5, 0.6) is 0 Å². The highest BCUT2D eigenvalue weighted by atomic mass is 16.5. The first-order valence-corrected chi connectivity index (χ1v) is 8.52. The fourth-order valence-electron chi connectivity index (χ4n) is 3.11. The van der Waals surface area contributed by atoms with E-state index in [9.17, 15) is 4.79 Å². The Bertz CT molecular complexity index is 511. The fourth-order valence-corrected chi connectivity index (χ4v) is 3.11. The van der Waals surface area contributed by atoms with Gasteiger partial charge in [0, 0.05) is 52.1 Å². The number of benzene rings is 1. The van der Waals surface area contributed by atoms with Crippen molar-refractivity contribution in [3.8, 4) is 0 Å². The van der Waals surface area contributed by atoms with E-state index in [0.29, 0.717) is 13.2 Å². The Morgan fingerprint density at radius 1 is 1.26 bits per heavy atom. The minimum atomic E-state index is 0.0428. The molecule has 0 saturated carbocycles. The average molecular weight is 319 g/mol. The van der Waals surface area contributed by atoms with Crippen molar-refractivity contribution in [3.05, 3.63) is 29.3 Å². The third-order valence-electron chi connectivity index (χ3n) is 4.39. The number of rotatable bonds is 6. The number of ether oxygens (including phenoxy) is 1. The summed E-state index contributed by atoms with van der Waals surface area (Å²) >= 11 is 0. The maximum Gasteiger partial charge on any atom is 0.317 e. The molecule has 2 rings (SSSR count). The molecule has 1 aliphatic rings. The van der Waals surface area contributed by atoms with Gasteiger partial charge in [-0.25, -0.2) is 4.79 Å². The van der Waals surface area contributed by atoms with Gasteiger partial charge in [0.25, 0.3) is 0 Å². The van der Waals surface area contributed by atoms with Crippen molar-refractivity contribution in [2.24, 2.45) is 0 Å². The first-order valence-electron chi connectivity index (χ1n) is 8.52. The van der Waals surface area contributed by atoms with Crippen LogP contribution < -0.4 is 10.2 Å². The van der Waals surface area contributed by atoms with Crippen molar-refractivity contribution in [1.82, 2.24) is 10.2 Å². The Balaban J connectivity index is 1.88. The summed E-state index contributed by atoms with van der Waals surface area (Å²) in [5.41, 5.74) is 4.07. The number of para-hydroxylation sites is 1. The van der Waals surface area contributed by atoms with E-state index in [2.05, 4.69) is 42.3 Å². The minimum Gasteiger partial charge on any atom is -0.385 e. The Labute approximate surface area is 139 Å². The molecule has 0 spiro atoms. The molecule has 1 aromatic carbocycles. The van der Waals surface area contributed by atoms with E-state index in [1.54, 1.807) is 7.11 Å². The number of hydrogen-bond acceptors (Lipinski definition) is 3. The number of anilines is 1. The van der Waals surface area contributed by atoms with Gasteiger partial charge in [0.15, 0.2) is 0 Å². The monoisotopic (exact) mass is 319 g/mol. The summed E-state index contributed by atoms with van der Waals surface area (Å²) in [6, 6.07) is 6.54. The summed E-state index contributed by atoms with van der Waals surface area (Å²) in [6.07, 6.45) is 1.89. The van der Waals surface area contributed by atoms with Crippen LogP contribution in [0.4, 0.5) is 10.5 Å². The van der Waals surface area contributed by atoms with Crippen LogP contribution in [0.15, 0.2) is 18.2 Å². The van der Waals surface area contributed by atoms with Crippen molar-refractivity contribution in [3.63, 3.8) is 0 Å². The van der Waals surface area contributed by atoms with Crippen molar-refractivity contribution < 1.29 is 9.53 Å². The summed E-state index contributed by atoms with van der Waals surface area (Å²) in [7, 11) is 1.68. The lowest BCUT2D eigenvalue weighted by Crippen LogP contribution is -2.52. The maximum atomic E-state index is 12.1. The van der Waals surface area contributed by atoms with E-state index >= 15 is 0 Å². The average Bonchev–Trinajstić information content (AvgIpc) is 2.58. The molecule has 5 nitrogen and oxygen atoms in total. The lowest BCUT2D eigenvalue weighted by atomic mass is 10.0. The third-order valence-corrected chi connectivity index (χ3v) is 4.39. The molecule has 0 radical (unpaired) electrons. The van der Waals surface area contributed by atoms with Gasteiger partial charge in [-0.15, -0.1) is 0 Å². The zero-order valence-electron chi connectivity index (χ0n) is 14.6. The largest absolute Gasteiger partial charge is 0.385 e. The number of nitrogens with zero attached hydrogens (tertiary/aromatic N) is 2. The molecule has 1 aliphatic heterocycles. The predicted octanol–water partition coefficient (Wildman–Crippen LogP) is 2.43. The second kappa shape index (κ2) is 8.77. The van der Waals surface area contributed by atoms with E-state index in [1.165, 1.54) is 16.8 Å². The van der Waals surface area contributed by atoms with E-state index in [-0.39, 0.29) is 6.03 Å². The number of carbonyl (C=O) groups is 1. The number of methoxy groups -OCH3 is 1. The van der Waals surface area contributed by atoms with Crippen LogP contribution in [0, 0.1) is 6.92 Å². The van der Waals surface area contributed by atoms with Crippen LogP contribution in [-0.4, -0.2) is 57.4 Å². The third kappa shape index (κ3) is 4.61. The van der Waals surface area contributed by atoms with Crippen LogP contribution in [-0.2, 0) is 11.2 Å². The summed E-state index contributed by atoms with van der Waals surface area (Å²) in [5.74, 6) is 0. The topological polar surface area (TPSA) is 44.8 Å². The van der Waals surface area contributed by atoms with Crippen LogP contribution in [0.2, 0.25) is 0 Å². The number of piperazine rings is 1. The number of carbonyl (C=O) groups excluding carboxylic acids is 1. The van der Waals surface area contributed by atoms with E-state index in [4.69, 9.17) is 4.74 Å². The van der Waals surface area contributed by atoms with Crippen molar-refractivity contribution in [2.75, 3.05) is 51.3 Å². The molecular formula is C18H29N3O2. The summed E-state index contributed by atoms with van der Waals surface area (Å²) < 4.78 is 4.99. The molecule has 1 N–H and O–H groups in total. The van der Waals surface area contributed by atoms with Gasteiger partial charge < -0.3 is 19.9 Å². The van der Waals surface area contributed by atoms with Crippen molar-refractivity contribution in [1.29, 1.82) is 0 Å². The Morgan fingerprint density at radius 3 is 2.65 bits per heavy atom. The molecule has 0 atom stereocenters. The van der Waals surface area contributed by atoms with Gasteiger partial charge in [0.2, 0.25) is 0 Å². The van der Waals surface area contributed by atoms with Gasteiger partial charge >= 0.3 is 6.03 Å². The highest BCUT2D eigenvalue weighted by Crippen LogP contribution is 2.26. The molecule has 23 heavy (non-hydrogen) atoms. The second-order valence-electron chi connectivity index (χ2n) is 5.99. The molecule has 128 valence electrons. The van der Waals surface area contributed by atoms with Gasteiger partial charge in [-0.05, 0) is 30.9 Å². The smallest absolute Gasteiger partial charge is 0.317 e. The van der Waals surface area contributed by atoms with Crippen LogP contribution in [0.3, 0.4) is 0 Å². The Hall–Kier alpha value is -1.75. The zero-order valence-corrected chi connectivity index (χ0v) is 14.6. The lowest BCUT2D eigenvalue weighted by Gasteiger charge is -2.37. The van der Waals surface area contributed by atoms with Gasteiger partial charge in [-0.2, -0.15) is 0 Å². The molecule has 5 heteroatoms. The van der Waals surface area contributed by atoms with Crippen LogP contribution >= 0.6 is 0 Å². The van der Waals surface area contributed by atoms with Crippen LogP contribution in [0.1, 0.15) is 24.5 Å². The number of aryl methyl sites for hydroxylation is 2. The highest BCUT2D eigenvalue weighted by molar-refractivity contribution is 5.74. The standard InChI is InChI=1S/C18H29N3O2/c1-4-16-8-5-7-15(2)17(16)20-10-12-21(13-11-20)18(22)19-9-6-14-23-3/h5,7-8H,4,6,9-14H2,1-3H3,(H,19,22). The number of nitrogens with one attached hydrogen (secondary N) is 1. The van der Waals surface area contributed by atoms with Gasteiger partial charge in [0.05, 0.1) is 0 Å². The lowest BCUT2D eigenvalue weighted by molar-refractivity contribution is 0.183. The number of amides is 2. The first-order chi connectivity index (χ1) is 11.2. The molecule has 0 aliphatic carbocycles. The second-order valence-corrected chi connectivity index (χ2v) is 5.99. The quantitative estimate of drug-likeness (QED) is 0.819.